The lowest BCUT2D eigenvalue weighted by atomic mass is 10.2. The highest BCUT2D eigenvalue weighted by Gasteiger charge is 2.29. The fraction of sp³-hybridized carbons (Fsp3) is 0.357. The van der Waals surface area contributed by atoms with E-state index in [1.54, 1.807) is 18.3 Å². The summed E-state index contributed by atoms with van der Waals surface area (Å²) >= 11 is -0.110. The summed E-state index contributed by atoms with van der Waals surface area (Å²) in [7, 11) is 0. The molecular formula is C14H16F3N3S. The van der Waals surface area contributed by atoms with Crippen molar-refractivity contribution in [2.45, 2.75) is 36.8 Å². The predicted molar refractivity (Wildman–Crippen MR) is 78.3 cm³/mol. The SMILES string of the molecule is CCn1cc(C(C)Nc2ccc(SC(F)(F)F)cc2)cn1. The number of nitrogens with one attached hydrogen (secondary N) is 1. The van der Waals surface area contributed by atoms with Crippen molar-refractivity contribution >= 4 is 17.4 Å². The van der Waals surface area contributed by atoms with Gasteiger partial charge in [-0.25, -0.2) is 0 Å². The van der Waals surface area contributed by atoms with E-state index >= 15 is 0 Å². The number of nitrogens with zero attached hydrogens (tertiary/aromatic N) is 2. The van der Waals surface area contributed by atoms with E-state index in [9.17, 15) is 13.2 Å². The molecule has 1 N–H and O–H groups in total. The molecule has 0 aliphatic heterocycles. The highest BCUT2D eigenvalue weighted by molar-refractivity contribution is 8.00. The summed E-state index contributed by atoms with van der Waals surface area (Å²) in [5, 5.41) is 7.44. The number of benzene rings is 1. The zero-order valence-corrected chi connectivity index (χ0v) is 12.5. The minimum Gasteiger partial charge on any atom is -0.378 e. The second-order valence-corrected chi connectivity index (χ2v) is 5.71. The van der Waals surface area contributed by atoms with Crippen molar-refractivity contribution in [2.75, 3.05) is 5.32 Å². The maximum atomic E-state index is 12.2. The molecule has 1 atom stereocenters. The van der Waals surface area contributed by atoms with Crippen LogP contribution in [0.15, 0.2) is 41.6 Å². The monoisotopic (exact) mass is 315 g/mol. The van der Waals surface area contributed by atoms with E-state index in [-0.39, 0.29) is 22.7 Å². The molecule has 0 spiro atoms. The highest BCUT2D eigenvalue weighted by Crippen LogP contribution is 2.37. The van der Waals surface area contributed by atoms with E-state index in [0.29, 0.717) is 0 Å². The number of hydrogen-bond acceptors (Lipinski definition) is 3. The molecular weight excluding hydrogens is 299 g/mol. The Labute approximate surface area is 125 Å². The number of aromatic nitrogens is 2. The van der Waals surface area contributed by atoms with Crippen LogP contribution in [-0.4, -0.2) is 15.3 Å². The van der Waals surface area contributed by atoms with Gasteiger partial charge in [0.2, 0.25) is 0 Å². The van der Waals surface area contributed by atoms with Gasteiger partial charge in [0.05, 0.1) is 12.2 Å². The van der Waals surface area contributed by atoms with E-state index in [4.69, 9.17) is 0 Å². The summed E-state index contributed by atoms with van der Waals surface area (Å²) < 4.78 is 38.6. The number of anilines is 1. The largest absolute Gasteiger partial charge is 0.446 e. The van der Waals surface area contributed by atoms with Crippen molar-refractivity contribution in [1.82, 2.24) is 9.78 Å². The van der Waals surface area contributed by atoms with Crippen molar-refractivity contribution < 1.29 is 13.2 Å². The average Bonchev–Trinajstić information content (AvgIpc) is 2.88. The minimum absolute atomic E-state index is 0.0337. The lowest BCUT2D eigenvalue weighted by Gasteiger charge is -2.14. The van der Waals surface area contributed by atoms with Crippen molar-refractivity contribution in [2.24, 2.45) is 0 Å². The van der Waals surface area contributed by atoms with Gasteiger partial charge in [0.1, 0.15) is 0 Å². The lowest BCUT2D eigenvalue weighted by molar-refractivity contribution is -0.0328. The summed E-state index contributed by atoms with van der Waals surface area (Å²) in [5.74, 6) is 0. The summed E-state index contributed by atoms with van der Waals surface area (Å²) in [6, 6.07) is 6.25. The zero-order valence-electron chi connectivity index (χ0n) is 11.7. The van der Waals surface area contributed by atoms with Crippen LogP contribution in [0.4, 0.5) is 18.9 Å². The number of aryl methyl sites for hydroxylation is 1. The molecule has 0 aliphatic carbocycles. The van der Waals surface area contributed by atoms with Gasteiger partial charge in [-0.1, -0.05) is 0 Å². The van der Waals surface area contributed by atoms with E-state index in [1.165, 1.54) is 12.1 Å². The number of alkyl halides is 3. The maximum absolute atomic E-state index is 12.2. The molecule has 0 amide bonds. The molecule has 0 aliphatic rings. The van der Waals surface area contributed by atoms with E-state index in [1.807, 2.05) is 24.7 Å². The molecule has 0 fully saturated rings. The molecule has 2 rings (SSSR count). The second kappa shape index (κ2) is 6.43. The third-order valence-corrected chi connectivity index (χ3v) is 3.69. The van der Waals surface area contributed by atoms with E-state index in [0.717, 1.165) is 17.8 Å². The van der Waals surface area contributed by atoms with Gasteiger partial charge in [0.15, 0.2) is 0 Å². The summed E-state index contributed by atoms with van der Waals surface area (Å²) in [4.78, 5) is 0.180. The topological polar surface area (TPSA) is 29.9 Å². The summed E-state index contributed by atoms with van der Waals surface area (Å²) in [5.41, 5.74) is -2.44. The Kier molecular flexibility index (Phi) is 4.82. The summed E-state index contributed by atoms with van der Waals surface area (Å²) in [6.45, 7) is 4.79. The summed E-state index contributed by atoms with van der Waals surface area (Å²) in [6.07, 6.45) is 3.74. The Morgan fingerprint density at radius 3 is 2.48 bits per heavy atom. The number of rotatable bonds is 5. The highest BCUT2D eigenvalue weighted by atomic mass is 32.2. The van der Waals surface area contributed by atoms with Gasteiger partial charge in [-0.05, 0) is 49.9 Å². The van der Waals surface area contributed by atoms with Gasteiger partial charge in [0, 0.05) is 28.9 Å². The number of halogens is 3. The quantitative estimate of drug-likeness (QED) is 0.812. The normalized spacial score (nSPS) is 13.2. The molecule has 2 aromatic rings. The van der Waals surface area contributed by atoms with Crippen LogP contribution in [0, 0.1) is 0 Å². The smallest absolute Gasteiger partial charge is 0.378 e. The van der Waals surface area contributed by atoms with Gasteiger partial charge in [-0.15, -0.1) is 0 Å². The Morgan fingerprint density at radius 1 is 1.29 bits per heavy atom. The van der Waals surface area contributed by atoms with Crippen LogP contribution in [-0.2, 0) is 6.54 Å². The number of hydrogen-bond donors (Lipinski definition) is 1. The van der Waals surface area contributed by atoms with Crippen LogP contribution < -0.4 is 5.32 Å². The molecule has 1 aromatic heterocycles. The molecule has 21 heavy (non-hydrogen) atoms. The Bertz CT molecular complexity index is 578. The van der Waals surface area contributed by atoms with Gasteiger partial charge in [-0.3, -0.25) is 4.68 Å². The van der Waals surface area contributed by atoms with Crippen LogP contribution in [0.3, 0.4) is 0 Å². The first-order valence-corrected chi connectivity index (χ1v) is 7.33. The minimum atomic E-state index is -4.25. The van der Waals surface area contributed by atoms with Gasteiger partial charge < -0.3 is 5.32 Å². The zero-order chi connectivity index (χ0) is 15.5. The first-order valence-electron chi connectivity index (χ1n) is 6.52. The van der Waals surface area contributed by atoms with Gasteiger partial charge in [0.25, 0.3) is 0 Å². The van der Waals surface area contributed by atoms with Gasteiger partial charge >= 0.3 is 5.51 Å². The lowest BCUT2D eigenvalue weighted by Crippen LogP contribution is -2.06. The standard InChI is InChI=1S/C14H16F3N3S/c1-3-20-9-11(8-18-20)10(2)19-12-4-6-13(7-5-12)21-14(15,16)17/h4-10,19H,3H2,1-2H3. The van der Waals surface area contributed by atoms with Crippen LogP contribution in [0.25, 0.3) is 0 Å². The van der Waals surface area contributed by atoms with Crippen molar-refractivity contribution in [1.29, 1.82) is 0 Å². The van der Waals surface area contributed by atoms with Crippen molar-refractivity contribution in [3.8, 4) is 0 Å². The third kappa shape index (κ3) is 4.70. The maximum Gasteiger partial charge on any atom is 0.446 e. The van der Waals surface area contributed by atoms with Crippen LogP contribution in [0.1, 0.15) is 25.5 Å². The Balaban J connectivity index is 1.99. The van der Waals surface area contributed by atoms with E-state index < -0.39 is 5.51 Å². The molecule has 0 saturated carbocycles. The fourth-order valence-corrected chi connectivity index (χ4v) is 2.40. The molecule has 0 saturated heterocycles. The Morgan fingerprint density at radius 2 is 1.95 bits per heavy atom. The third-order valence-electron chi connectivity index (χ3n) is 2.95. The molecule has 1 heterocycles. The fourth-order valence-electron chi connectivity index (χ4n) is 1.86. The second-order valence-electron chi connectivity index (χ2n) is 4.57. The molecule has 7 heteroatoms. The molecule has 3 nitrogen and oxygen atoms in total. The molecule has 0 radical (unpaired) electrons. The van der Waals surface area contributed by atoms with E-state index in [2.05, 4.69) is 10.4 Å². The average molecular weight is 315 g/mol. The van der Waals surface area contributed by atoms with Crippen LogP contribution in [0.5, 0.6) is 0 Å². The Hall–Kier alpha value is -1.63. The molecule has 0 bridgehead atoms. The van der Waals surface area contributed by atoms with Crippen molar-refractivity contribution in [3.05, 3.63) is 42.2 Å². The first-order chi connectivity index (χ1) is 9.87. The van der Waals surface area contributed by atoms with Gasteiger partial charge in [-0.2, -0.15) is 18.3 Å². The molecule has 114 valence electrons. The number of thioether (sulfide) groups is 1. The predicted octanol–water partition coefficient (Wildman–Crippen LogP) is 4.69. The molecule has 1 aromatic carbocycles. The van der Waals surface area contributed by atoms with Crippen molar-refractivity contribution in [3.63, 3.8) is 0 Å². The van der Waals surface area contributed by atoms with Crippen LogP contribution in [0.2, 0.25) is 0 Å². The first kappa shape index (κ1) is 15.8. The molecule has 1 unspecified atom stereocenters. The van der Waals surface area contributed by atoms with Crippen LogP contribution >= 0.6 is 11.8 Å².